The number of hydrogen-bond donors (Lipinski definition) is 0. The average molecular weight is 510 g/mol. The Hall–Kier alpha value is -4.15. The zero-order valence-electron chi connectivity index (χ0n) is 19.2. The van der Waals surface area contributed by atoms with Gasteiger partial charge >= 0.3 is 0 Å². The molecule has 0 unspecified atom stereocenters. The molecular weight excluding hydrogens is 490 g/mol. The first-order chi connectivity index (χ1) is 17.3. The fourth-order valence-electron chi connectivity index (χ4n) is 4.65. The Kier molecular flexibility index (Phi) is 5.99. The summed E-state index contributed by atoms with van der Waals surface area (Å²) < 4.78 is 10.6. The summed E-state index contributed by atoms with van der Waals surface area (Å²) in [4.78, 5) is 45.8. The van der Waals surface area contributed by atoms with Gasteiger partial charge in [0.15, 0.2) is 17.6 Å². The van der Waals surface area contributed by atoms with Gasteiger partial charge in [0.2, 0.25) is 5.91 Å². The highest BCUT2D eigenvalue weighted by molar-refractivity contribution is 6.31. The number of para-hydroxylation sites is 1. The highest BCUT2D eigenvalue weighted by Crippen LogP contribution is 2.51. The van der Waals surface area contributed by atoms with Gasteiger partial charge in [-0.3, -0.25) is 24.5 Å². The number of nitro groups is 1. The van der Waals surface area contributed by atoms with Crippen LogP contribution in [0, 0.1) is 16.0 Å². The minimum Gasteiger partial charge on any atom is -0.493 e. The number of imide groups is 1. The van der Waals surface area contributed by atoms with Crippen molar-refractivity contribution < 1.29 is 28.8 Å². The number of ether oxygens (including phenoxy) is 2. The molecule has 184 valence electrons. The van der Waals surface area contributed by atoms with Crippen LogP contribution in [0.1, 0.15) is 11.6 Å². The normalized spacial score (nSPS) is 21.0. The lowest BCUT2D eigenvalue weighted by Crippen LogP contribution is -2.37. The molecule has 0 spiro atoms. The van der Waals surface area contributed by atoms with E-state index < -0.39 is 34.8 Å². The first-order valence-corrected chi connectivity index (χ1v) is 11.3. The van der Waals surface area contributed by atoms with E-state index in [0.29, 0.717) is 16.4 Å². The predicted octanol–water partition coefficient (Wildman–Crippen LogP) is 4.32. The number of hydroxylamine groups is 1. The van der Waals surface area contributed by atoms with E-state index in [9.17, 15) is 19.7 Å². The first-order valence-electron chi connectivity index (χ1n) is 10.9. The Bertz CT molecular complexity index is 1350. The van der Waals surface area contributed by atoms with Crippen LogP contribution in [-0.4, -0.2) is 37.1 Å². The van der Waals surface area contributed by atoms with Crippen molar-refractivity contribution in [3.05, 3.63) is 87.4 Å². The van der Waals surface area contributed by atoms with Crippen LogP contribution in [0.5, 0.6) is 11.5 Å². The van der Waals surface area contributed by atoms with E-state index in [4.69, 9.17) is 25.9 Å². The summed E-state index contributed by atoms with van der Waals surface area (Å²) in [5.74, 6) is -1.78. The molecule has 0 aliphatic carbocycles. The van der Waals surface area contributed by atoms with Crippen LogP contribution >= 0.6 is 11.6 Å². The number of methoxy groups -OCH3 is 2. The topological polar surface area (TPSA) is 111 Å². The molecule has 2 aliphatic heterocycles. The molecule has 2 heterocycles. The third-order valence-electron chi connectivity index (χ3n) is 6.26. The number of carbonyl (C=O) groups excluding carboxylic acids is 2. The molecule has 3 aromatic rings. The molecule has 0 aromatic heterocycles. The predicted molar refractivity (Wildman–Crippen MR) is 130 cm³/mol. The highest BCUT2D eigenvalue weighted by atomic mass is 35.5. The molecule has 2 saturated heterocycles. The Morgan fingerprint density at radius 3 is 2.17 bits per heavy atom. The third-order valence-corrected chi connectivity index (χ3v) is 6.51. The Morgan fingerprint density at radius 1 is 0.917 bits per heavy atom. The second-order valence-electron chi connectivity index (χ2n) is 8.17. The van der Waals surface area contributed by atoms with Crippen molar-refractivity contribution in [1.82, 2.24) is 0 Å². The first kappa shape index (κ1) is 23.6. The standard InChI is InChI=1S/C25H20ClN3O7/c1-34-19-12-17(18(29(32)33)13-20(19)35-2)22-21-23(36-28(22)16-6-4-3-5-7-16)25(31)27(24(21)30)15-10-8-14(26)9-11-15/h3-13,21-23H,1-2H3/t21-,22+,23-/m0/s1. The molecule has 5 rings (SSSR count). The van der Waals surface area contributed by atoms with Gasteiger partial charge in [0.05, 0.1) is 42.1 Å². The van der Waals surface area contributed by atoms with Crippen molar-refractivity contribution in [1.29, 1.82) is 0 Å². The van der Waals surface area contributed by atoms with E-state index in [0.717, 1.165) is 4.90 Å². The average Bonchev–Trinajstić information content (AvgIpc) is 3.40. The van der Waals surface area contributed by atoms with Gasteiger partial charge in [0.25, 0.3) is 11.6 Å². The lowest BCUT2D eigenvalue weighted by molar-refractivity contribution is -0.385. The van der Waals surface area contributed by atoms with Gasteiger partial charge in [0, 0.05) is 5.02 Å². The van der Waals surface area contributed by atoms with E-state index in [-0.39, 0.29) is 22.7 Å². The van der Waals surface area contributed by atoms with Crippen molar-refractivity contribution in [2.75, 3.05) is 24.2 Å². The monoisotopic (exact) mass is 509 g/mol. The number of nitrogens with zero attached hydrogens (tertiary/aromatic N) is 3. The van der Waals surface area contributed by atoms with Gasteiger partial charge in [-0.15, -0.1) is 0 Å². The molecule has 0 saturated carbocycles. The van der Waals surface area contributed by atoms with Gasteiger partial charge < -0.3 is 9.47 Å². The Labute approximate surface area is 210 Å². The van der Waals surface area contributed by atoms with E-state index in [2.05, 4.69) is 0 Å². The fourth-order valence-corrected chi connectivity index (χ4v) is 4.78. The number of anilines is 2. The zero-order chi connectivity index (χ0) is 25.6. The Morgan fingerprint density at radius 2 is 1.56 bits per heavy atom. The van der Waals surface area contributed by atoms with E-state index >= 15 is 0 Å². The van der Waals surface area contributed by atoms with Crippen molar-refractivity contribution in [3.63, 3.8) is 0 Å². The van der Waals surface area contributed by atoms with Crippen LogP contribution in [0.25, 0.3) is 0 Å². The summed E-state index contributed by atoms with van der Waals surface area (Å²) in [6.45, 7) is 0. The van der Waals surface area contributed by atoms with Gasteiger partial charge in [0.1, 0.15) is 12.0 Å². The number of nitro benzene ring substituents is 1. The third kappa shape index (κ3) is 3.71. The summed E-state index contributed by atoms with van der Waals surface area (Å²) in [5.41, 5.74) is 0.708. The second kappa shape index (κ2) is 9.14. The van der Waals surface area contributed by atoms with Gasteiger partial charge in [-0.05, 0) is 42.5 Å². The van der Waals surface area contributed by atoms with E-state index in [1.165, 1.54) is 31.4 Å². The molecule has 2 amide bonds. The number of amides is 2. The molecule has 11 heteroatoms. The lowest BCUT2D eigenvalue weighted by Gasteiger charge is -2.29. The Balaban J connectivity index is 1.68. The molecule has 3 atom stereocenters. The number of hydrogen-bond acceptors (Lipinski definition) is 8. The largest absolute Gasteiger partial charge is 0.493 e. The van der Waals surface area contributed by atoms with Gasteiger partial charge in [-0.25, -0.2) is 9.96 Å². The molecule has 2 aliphatic rings. The number of rotatable bonds is 6. The maximum atomic E-state index is 13.7. The zero-order valence-corrected chi connectivity index (χ0v) is 19.9. The van der Waals surface area contributed by atoms with Crippen LogP contribution in [0.4, 0.5) is 17.1 Å². The highest BCUT2D eigenvalue weighted by Gasteiger charge is 2.61. The molecule has 3 aromatic carbocycles. The maximum Gasteiger partial charge on any atom is 0.278 e. The minimum absolute atomic E-state index is 0.146. The molecule has 36 heavy (non-hydrogen) atoms. The summed E-state index contributed by atoms with van der Waals surface area (Å²) >= 11 is 5.97. The second-order valence-corrected chi connectivity index (χ2v) is 8.61. The van der Waals surface area contributed by atoms with Gasteiger partial charge in [-0.1, -0.05) is 29.8 Å². The fraction of sp³-hybridized carbons (Fsp3) is 0.200. The molecule has 0 radical (unpaired) electrons. The molecule has 0 bridgehead atoms. The summed E-state index contributed by atoms with van der Waals surface area (Å²) in [5, 5.41) is 14.0. The quantitative estimate of drug-likeness (QED) is 0.274. The number of fused-ring (bicyclic) bond motifs is 1. The number of halogens is 1. The molecule has 2 fully saturated rings. The minimum atomic E-state index is -1.19. The lowest BCUT2D eigenvalue weighted by atomic mass is 9.89. The summed E-state index contributed by atoms with van der Waals surface area (Å²) in [6.07, 6.45) is -1.19. The SMILES string of the molecule is COc1cc([C@@H]2[C@@H]3C(=O)N(c4ccc(Cl)cc4)C(=O)[C@H]3ON2c2ccccc2)c([N+](=O)[O-])cc1OC. The van der Waals surface area contributed by atoms with Gasteiger partial charge in [-0.2, -0.15) is 0 Å². The maximum absolute atomic E-state index is 13.7. The van der Waals surface area contributed by atoms with Crippen LogP contribution < -0.4 is 19.4 Å². The number of carbonyl (C=O) groups is 2. The van der Waals surface area contributed by atoms with Crippen LogP contribution in [-0.2, 0) is 14.4 Å². The van der Waals surface area contributed by atoms with Crippen molar-refractivity contribution in [2.45, 2.75) is 12.1 Å². The van der Waals surface area contributed by atoms with Crippen LogP contribution in [0.15, 0.2) is 66.7 Å². The van der Waals surface area contributed by atoms with Crippen molar-refractivity contribution in [2.24, 2.45) is 5.92 Å². The van der Waals surface area contributed by atoms with E-state index in [1.54, 1.807) is 54.6 Å². The summed E-state index contributed by atoms with van der Waals surface area (Å²) in [7, 11) is 2.78. The van der Waals surface area contributed by atoms with Crippen LogP contribution in [0.3, 0.4) is 0 Å². The van der Waals surface area contributed by atoms with E-state index in [1.807, 2.05) is 0 Å². The smallest absolute Gasteiger partial charge is 0.278 e. The molecular formula is C25H20ClN3O7. The molecule has 10 nitrogen and oxygen atoms in total. The van der Waals surface area contributed by atoms with Crippen molar-refractivity contribution >= 4 is 40.5 Å². The summed E-state index contributed by atoms with van der Waals surface area (Å²) in [6, 6.07) is 16.7. The number of benzene rings is 3. The van der Waals surface area contributed by atoms with Crippen molar-refractivity contribution in [3.8, 4) is 11.5 Å². The van der Waals surface area contributed by atoms with Crippen LogP contribution in [0.2, 0.25) is 5.02 Å². The molecule has 0 N–H and O–H groups in total.